The molecule has 2 aromatic carbocycles. The SMILES string of the molecule is C1=CC2Oc3ccc(Nc4ccccc4)cc3C2C=C1. The van der Waals surface area contributed by atoms with Crippen molar-refractivity contribution in [2.24, 2.45) is 0 Å². The average molecular weight is 261 g/mol. The molecule has 1 aliphatic carbocycles. The van der Waals surface area contributed by atoms with Gasteiger partial charge in [-0.3, -0.25) is 0 Å². The van der Waals surface area contributed by atoms with Crippen molar-refractivity contribution in [1.29, 1.82) is 0 Å². The van der Waals surface area contributed by atoms with Gasteiger partial charge >= 0.3 is 0 Å². The first kappa shape index (κ1) is 11.4. The number of fused-ring (bicyclic) bond motifs is 3. The van der Waals surface area contributed by atoms with E-state index in [9.17, 15) is 0 Å². The van der Waals surface area contributed by atoms with Gasteiger partial charge in [0.2, 0.25) is 0 Å². The van der Waals surface area contributed by atoms with Crippen LogP contribution in [-0.2, 0) is 0 Å². The predicted octanol–water partition coefficient (Wildman–Crippen LogP) is 4.40. The minimum absolute atomic E-state index is 0.155. The predicted molar refractivity (Wildman–Crippen MR) is 81.6 cm³/mol. The van der Waals surface area contributed by atoms with Gasteiger partial charge in [0, 0.05) is 22.9 Å². The third-order valence-electron chi connectivity index (χ3n) is 3.78. The van der Waals surface area contributed by atoms with Gasteiger partial charge in [0.25, 0.3) is 0 Å². The van der Waals surface area contributed by atoms with Crippen molar-refractivity contribution >= 4 is 11.4 Å². The summed E-state index contributed by atoms with van der Waals surface area (Å²) in [6, 6.07) is 16.5. The van der Waals surface area contributed by atoms with E-state index >= 15 is 0 Å². The standard InChI is InChI=1S/C18H15NO/c1-2-6-13(7-3-1)19-14-10-11-18-16(12-14)15-8-4-5-9-17(15)20-18/h1-12,15,17,19H. The number of hydrogen-bond donors (Lipinski definition) is 1. The third kappa shape index (κ3) is 1.90. The summed E-state index contributed by atoms with van der Waals surface area (Å²) in [5.74, 6) is 1.34. The molecule has 2 unspecified atom stereocenters. The van der Waals surface area contributed by atoms with Gasteiger partial charge in [0.05, 0.1) is 0 Å². The van der Waals surface area contributed by atoms with Crippen LogP contribution in [0.15, 0.2) is 72.8 Å². The van der Waals surface area contributed by atoms with Crippen LogP contribution >= 0.6 is 0 Å². The number of para-hydroxylation sites is 1. The quantitative estimate of drug-likeness (QED) is 0.865. The highest BCUT2D eigenvalue weighted by Gasteiger charge is 2.31. The van der Waals surface area contributed by atoms with E-state index in [2.05, 4.69) is 60.0 Å². The molecule has 0 bridgehead atoms. The molecular formula is C18H15NO. The lowest BCUT2D eigenvalue weighted by Crippen LogP contribution is -2.15. The van der Waals surface area contributed by atoms with Crippen LogP contribution in [0.2, 0.25) is 0 Å². The molecule has 2 aromatic rings. The lowest BCUT2D eigenvalue weighted by atomic mass is 9.92. The number of hydrogen-bond acceptors (Lipinski definition) is 2. The van der Waals surface area contributed by atoms with Crippen LogP contribution in [0.1, 0.15) is 11.5 Å². The smallest absolute Gasteiger partial charge is 0.128 e. The van der Waals surface area contributed by atoms with Crippen molar-refractivity contribution in [1.82, 2.24) is 0 Å². The highest BCUT2D eigenvalue weighted by molar-refractivity contribution is 5.63. The second-order valence-corrected chi connectivity index (χ2v) is 5.12. The van der Waals surface area contributed by atoms with Gasteiger partial charge in [-0.05, 0) is 36.4 Å². The summed E-state index contributed by atoms with van der Waals surface area (Å²) >= 11 is 0. The molecule has 98 valence electrons. The zero-order valence-corrected chi connectivity index (χ0v) is 11.0. The number of nitrogens with one attached hydrogen (secondary N) is 1. The molecule has 0 spiro atoms. The third-order valence-corrected chi connectivity index (χ3v) is 3.78. The maximum atomic E-state index is 5.95. The van der Waals surface area contributed by atoms with Crippen LogP contribution in [0.4, 0.5) is 11.4 Å². The largest absolute Gasteiger partial charge is 0.485 e. The second-order valence-electron chi connectivity index (χ2n) is 5.12. The summed E-state index contributed by atoms with van der Waals surface area (Å²) in [5.41, 5.74) is 3.46. The first-order valence-corrected chi connectivity index (χ1v) is 6.88. The summed E-state index contributed by atoms with van der Waals surface area (Å²) in [6.45, 7) is 0. The number of benzene rings is 2. The Kier molecular flexibility index (Phi) is 2.59. The molecule has 20 heavy (non-hydrogen) atoms. The highest BCUT2D eigenvalue weighted by atomic mass is 16.5. The molecule has 0 saturated heterocycles. The Morgan fingerprint density at radius 2 is 1.70 bits per heavy atom. The highest BCUT2D eigenvalue weighted by Crippen LogP contribution is 2.42. The molecule has 0 radical (unpaired) electrons. The number of allylic oxidation sites excluding steroid dienone is 2. The molecule has 1 heterocycles. The molecule has 0 saturated carbocycles. The van der Waals surface area contributed by atoms with Gasteiger partial charge in [-0.25, -0.2) is 0 Å². The normalized spacial score (nSPS) is 22.0. The van der Waals surface area contributed by atoms with E-state index in [-0.39, 0.29) is 6.10 Å². The minimum atomic E-state index is 0.155. The molecule has 0 aromatic heterocycles. The summed E-state index contributed by atoms with van der Waals surface area (Å²) < 4.78 is 5.95. The van der Waals surface area contributed by atoms with Gasteiger partial charge in [0.1, 0.15) is 11.9 Å². The summed E-state index contributed by atoms with van der Waals surface area (Å²) in [4.78, 5) is 0. The van der Waals surface area contributed by atoms with E-state index in [4.69, 9.17) is 4.74 Å². The lowest BCUT2D eigenvalue weighted by molar-refractivity contribution is 0.269. The number of anilines is 2. The molecule has 1 aliphatic heterocycles. The van der Waals surface area contributed by atoms with Crippen LogP contribution in [-0.4, -0.2) is 6.10 Å². The topological polar surface area (TPSA) is 21.3 Å². The Morgan fingerprint density at radius 1 is 0.850 bits per heavy atom. The van der Waals surface area contributed by atoms with Crippen LogP contribution in [0, 0.1) is 0 Å². The summed E-state index contributed by atoms with van der Waals surface area (Å²) in [7, 11) is 0. The van der Waals surface area contributed by atoms with Gasteiger partial charge in [-0.2, -0.15) is 0 Å². The van der Waals surface area contributed by atoms with E-state index in [1.807, 2.05) is 18.2 Å². The van der Waals surface area contributed by atoms with Crippen molar-refractivity contribution in [3.8, 4) is 5.75 Å². The molecule has 2 aliphatic rings. The molecule has 2 nitrogen and oxygen atoms in total. The van der Waals surface area contributed by atoms with Gasteiger partial charge < -0.3 is 10.1 Å². The van der Waals surface area contributed by atoms with Crippen molar-refractivity contribution in [3.05, 3.63) is 78.4 Å². The van der Waals surface area contributed by atoms with Crippen molar-refractivity contribution in [2.75, 3.05) is 5.32 Å². The minimum Gasteiger partial charge on any atom is -0.485 e. The second kappa shape index (κ2) is 4.57. The Morgan fingerprint density at radius 3 is 2.60 bits per heavy atom. The molecule has 4 rings (SSSR count). The lowest BCUT2D eigenvalue weighted by Gasteiger charge is -2.14. The van der Waals surface area contributed by atoms with Crippen LogP contribution in [0.3, 0.4) is 0 Å². The van der Waals surface area contributed by atoms with Crippen molar-refractivity contribution in [3.63, 3.8) is 0 Å². The molecule has 1 N–H and O–H groups in total. The summed E-state index contributed by atoms with van der Waals surface area (Å²) in [6.07, 6.45) is 8.63. The van der Waals surface area contributed by atoms with Gasteiger partial charge in [-0.15, -0.1) is 0 Å². The van der Waals surface area contributed by atoms with E-state index in [1.54, 1.807) is 0 Å². The fraction of sp³-hybridized carbons (Fsp3) is 0.111. The monoisotopic (exact) mass is 261 g/mol. The van der Waals surface area contributed by atoms with Crippen LogP contribution in [0.25, 0.3) is 0 Å². The Hall–Kier alpha value is -2.48. The molecule has 2 atom stereocenters. The van der Waals surface area contributed by atoms with Gasteiger partial charge in [-0.1, -0.05) is 36.4 Å². The molecule has 2 heteroatoms. The van der Waals surface area contributed by atoms with E-state index in [0.717, 1.165) is 17.1 Å². The molecule has 0 fully saturated rings. The van der Waals surface area contributed by atoms with E-state index in [0.29, 0.717) is 5.92 Å². The Balaban J connectivity index is 1.66. The maximum absolute atomic E-state index is 5.95. The van der Waals surface area contributed by atoms with E-state index in [1.165, 1.54) is 5.56 Å². The number of rotatable bonds is 2. The van der Waals surface area contributed by atoms with E-state index < -0.39 is 0 Å². The number of ether oxygens (including phenoxy) is 1. The fourth-order valence-electron chi connectivity index (χ4n) is 2.81. The molecule has 0 amide bonds. The first-order chi connectivity index (χ1) is 9.90. The maximum Gasteiger partial charge on any atom is 0.128 e. The zero-order chi connectivity index (χ0) is 13.4. The Bertz CT molecular complexity index is 688. The average Bonchev–Trinajstić information content (AvgIpc) is 2.86. The van der Waals surface area contributed by atoms with Crippen LogP contribution < -0.4 is 10.1 Å². The van der Waals surface area contributed by atoms with Crippen LogP contribution in [0.5, 0.6) is 5.75 Å². The zero-order valence-electron chi connectivity index (χ0n) is 11.0. The van der Waals surface area contributed by atoms with Crippen molar-refractivity contribution in [2.45, 2.75) is 12.0 Å². The Labute approximate surface area is 118 Å². The molecular weight excluding hydrogens is 246 g/mol. The fourth-order valence-corrected chi connectivity index (χ4v) is 2.81. The van der Waals surface area contributed by atoms with Crippen molar-refractivity contribution < 1.29 is 4.74 Å². The summed E-state index contributed by atoms with van der Waals surface area (Å²) in [5, 5.41) is 3.43. The first-order valence-electron chi connectivity index (χ1n) is 6.88. The van der Waals surface area contributed by atoms with Gasteiger partial charge in [0.15, 0.2) is 0 Å².